The van der Waals surface area contributed by atoms with Gasteiger partial charge in [-0.1, -0.05) is 6.92 Å². The average Bonchev–Trinajstić information content (AvgIpc) is 2.35. The molecule has 0 fully saturated rings. The van der Waals surface area contributed by atoms with Crippen LogP contribution in [0.2, 0.25) is 0 Å². The lowest BCUT2D eigenvalue weighted by molar-refractivity contribution is -0.0328. The summed E-state index contributed by atoms with van der Waals surface area (Å²) in [5.41, 5.74) is -3.97. The smallest absolute Gasteiger partial charge is 0.350 e. The van der Waals surface area contributed by atoms with E-state index < -0.39 is 5.51 Å². The number of hydrogen-bond donors (Lipinski definition) is 2. The number of hydrogen-bond acceptors (Lipinski definition) is 3. The van der Waals surface area contributed by atoms with Gasteiger partial charge in [-0.15, -0.1) is 12.4 Å². The van der Waals surface area contributed by atoms with Crippen LogP contribution in [0.15, 0.2) is 29.2 Å². The van der Waals surface area contributed by atoms with Crippen molar-refractivity contribution in [2.75, 3.05) is 13.1 Å². The molecule has 1 atom stereocenters. The summed E-state index contributed by atoms with van der Waals surface area (Å²) >= 11 is -0.196. The third-order valence-electron chi connectivity index (χ3n) is 2.47. The number of carbonyl (C=O) groups excluding carboxylic acids is 1. The highest BCUT2D eigenvalue weighted by molar-refractivity contribution is 8.00. The molecule has 0 aliphatic carbocycles. The molecule has 3 nitrogen and oxygen atoms in total. The van der Waals surface area contributed by atoms with Gasteiger partial charge in [0.05, 0.1) is 0 Å². The van der Waals surface area contributed by atoms with Crippen molar-refractivity contribution in [2.24, 2.45) is 0 Å². The highest BCUT2D eigenvalue weighted by atomic mass is 35.5. The second kappa shape index (κ2) is 9.17. The van der Waals surface area contributed by atoms with Crippen LogP contribution in [0.4, 0.5) is 13.2 Å². The van der Waals surface area contributed by atoms with Gasteiger partial charge in [-0.2, -0.15) is 13.2 Å². The molecular formula is C13H18ClF3N2OS. The Morgan fingerprint density at radius 2 is 1.86 bits per heavy atom. The SMILES string of the molecule is CCN[C@H](C)CNC(=O)c1ccc(SC(F)(F)F)cc1.Cl. The molecule has 0 heterocycles. The molecule has 0 spiro atoms. The van der Waals surface area contributed by atoms with Crippen molar-refractivity contribution in [3.63, 3.8) is 0 Å². The topological polar surface area (TPSA) is 41.1 Å². The first-order valence-corrected chi connectivity index (χ1v) is 7.01. The Labute approximate surface area is 132 Å². The summed E-state index contributed by atoms with van der Waals surface area (Å²) in [5, 5.41) is 5.86. The van der Waals surface area contributed by atoms with E-state index in [-0.39, 0.29) is 41.0 Å². The lowest BCUT2D eigenvalue weighted by atomic mass is 10.2. The first-order chi connectivity index (χ1) is 9.31. The van der Waals surface area contributed by atoms with E-state index in [9.17, 15) is 18.0 Å². The van der Waals surface area contributed by atoms with Gasteiger partial charge in [-0.3, -0.25) is 4.79 Å². The summed E-state index contributed by atoms with van der Waals surface area (Å²) in [5.74, 6) is -0.293. The van der Waals surface area contributed by atoms with E-state index >= 15 is 0 Å². The van der Waals surface area contributed by atoms with Crippen LogP contribution in [-0.2, 0) is 0 Å². The molecule has 1 aromatic carbocycles. The molecule has 1 amide bonds. The molecular weight excluding hydrogens is 325 g/mol. The van der Waals surface area contributed by atoms with Crippen LogP contribution in [0.25, 0.3) is 0 Å². The fourth-order valence-corrected chi connectivity index (χ4v) is 2.12. The van der Waals surface area contributed by atoms with Gasteiger partial charge in [0.1, 0.15) is 0 Å². The molecule has 0 bridgehead atoms. The zero-order chi connectivity index (χ0) is 15.2. The van der Waals surface area contributed by atoms with Gasteiger partial charge in [0.2, 0.25) is 0 Å². The molecule has 0 aliphatic heterocycles. The van der Waals surface area contributed by atoms with Gasteiger partial charge in [-0.25, -0.2) is 0 Å². The molecule has 21 heavy (non-hydrogen) atoms. The molecule has 120 valence electrons. The minimum absolute atomic E-state index is 0. The first-order valence-electron chi connectivity index (χ1n) is 6.19. The molecule has 0 aromatic heterocycles. The van der Waals surface area contributed by atoms with Crippen LogP contribution in [0, 0.1) is 0 Å². The Morgan fingerprint density at radius 3 is 2.33 bits per heavy atom. The van der Waals surface area contributed by atoms with E-state index in [2.05, 4.69) is 10.6 Å². The third-order valence-corrected chi connectivity index (χ3v) is 3.21. The zero-order valence-electron chi connectivity index (χ0n) is 11.7. The number of carbonyl (C=O) groups is 1. The second-order valence-corrected chi connectivity index (χ2v) is 5.38. The molecule has 8 heteroatoms. The number of rotatable bonds is 6. The van der Waals surface area contributed by atoms with Crippen molar-refractivity contribution in [1.29, 1.82) is 0 Å². The molecule has 0 aliphatic rings. The maximum absolute atomic E-state index is 12.2. The first kappa shape index (κ1) is 20.1. The number of likely N-dealkylation sites (N-methyl/N-ethyl adjacent to an activating group) is 1. The summed E-state index contributed by atoms with van der Waals surface area (Å²) in [7, 11) is 0. The molecule has 0 radical (unpaired) electrons. The van der Waals surface area contributed by atoms with E-state index in [1.165, 1.54) is 24.3 Å². The molecule has 1 rings (SSSR count). The van der Waals surface area contributed by atoms with Crippen molar-refractivity contribution in [3.05, 3.63) is 29.8 Å². The average molecular weight is 343 g/mol. The normalized spacial score (nSPS) is 12.4. The van der Waals surface area contributed by atoms with E-state index in [1.54, 1.807) is 0 Å². The Morgan fingerprint density at radius 1 is 1.29 bits per heavy atom. The molecule has 2 N–H and O–H groups in total. The number of benzene rings is 1. The number of halogens is 4. The van der Waals surface area contributed by atoms with Gasteiger partial charge < -0.3 is 10.6 Å². The number of nitrogens with one attached hydrogen (secondary N) is 2. The van der Waals surface area contributed by atoms with Gasteiger partial charge in [0, 0.05) is 23.0 Å². The summed E-state index contributed by atoms with van der Waals surface area (Å²) in [6.07, 6.45) is 0. The second-order valence-electron chi connectivity index (χ2n) is 4.24. The van der Waals surface area contributed by atoms with Crippen molar-refractivity contribution < 1.29 is 18.0 Å². The van der Waals surface area contributed by atoms with Gasteiger partial charge >= 0.3 is 5.51 Å². The van der Waals surface area contributed by atoms with Crippen LogP contribution in [0.1, 0.15) is 24.2 Å². The largest absolute Gasteiger partial charge is 0.446 e. The van der Waals surface area contributed by atoms with Gasteiger partial charge in [0.25, 0.3) is 5.91 Å². The maximum atomic E-state index is 12.2. The number of thioether (sulfide) groups is 1. The van der Waals surface area contributed by atoms with Crippen molar-refractivity contribution in [3.8, 4) is 0 Å². The van der Waals surface area contributed by atoms with E-state index in [0.29, 0.717) is 12.1 Å². The summed E-state index contributed by atoms with van der Waals surface area (Å²) in [6, 6.07) is 5.51. The highest BCUT2D eigenvalue weighted by Gasteiger charge is 2.29. The van der Waals surface area contributed by atoms with Crippen LogP contribution < -0.4 is 10.6 Å². The Kier molecular flexibility index (Phi) is 8.77. The van der Waals surface area contributed by atoms with Crippen LogP contribution >= 0.6 is 24.2 Å². The summed E-state index contributed by atoms with van der Waals surface area (Å²) in [6.45, 7) is 5.17. The van der Waals surface area contributed by atoms with Crippen LogP contribution in [0.5, 0.6) is 0 Å². The van der Waals surface area contributed by atoms with Gasteiger partial charge in [0.15, 0.2) is 0 Å². The van der Waals surface area contributed by atoms with Crippen LogP contribution in [-0.4, -0.2) is 30.5 Å². The zero-order valence-corrected chi connectivity index (χ0v) is 13.3. The molecule has 0 saturated heterocycles. The lowest BCUT2D eigenvalue weighted by Gasteiger charge is -2.13. The fourth-order valence-electron chi connectivity index (χ4n) is 1.58. The van der Waals surface area contributed by atoms with Crippen molar-refractivity contribution >= 4 is 30.1 Å². The Balaban J connectivity index is 0.00000400. The monoisotopic (exact) mass is 342 g/mol. The van der Waals surface area contributed by atoms with Crippen molar-refractivity contribution in [2.45, 2.75) is 30.3 Å². The lowest BCUT2D eigenvalue weighted by Crippen LogP contribution is -2.38. The predicted octanol–water partition coefficient (Wildman–Crippen LogP) is 3.45. The van der Waals surface area contributed by atoms with Crippen molar-refractivity contribution in [1.82, 2.24) is 10.6 Å². The van der Waals surface area contributed by atoms with Gasteiger partial charge in [-0.05, 0) is 49.5 Å². The predicted molar refractivity (Wildman–Crippen MR) is 81.1 cm³/mol. The Bertz CT molecular complexity index is 440. The Hall–Kier alpha value is -0.920. The van der Waals surface area contributed by atoms with Crippen LogP contribution in [0.3, 0.4) is 0 Å². The minimum Gasteiger partial charge on any atom is -0.350 e. The fraction of sp³-hybridized carbons (Fsp3) is 0.462. The molecule has 0 saturated carbocycles. The van der Waals surface area contributed by atoms with E-state index in [1.807, 2.05) is 13.8 Å². The van der Waals surface area contributed by atoms with E-state index in [4.69, 9.17) is 0 Å². The quantitative estimate of drug-likeness (QED) is 0.778. The summed E-state index contributed by atoms with van der Waals surface area (Å²) < 4.78 is 36.5. The minimum atomic E-state index is -4.31. The summed E-state index contributed by atoms with van der Waals surface area (Å²) in [4.78, 5) is 11.8. The molecule has 0 unspecified atom stereocenters. The standard InChI is InChI=1S/C13H17F3N2OS.ClH/c1-3-17-9(2)8-18-12(19)10-4-6-11(7-5-10)20-13(14,15)16;/h4-7,9,17H,3,8H2,1-2H3,(H,18,19);1H/t9-;/m1./s1. The number of amides is 1. The highest BCUT2D eigenvalue weighted by Crippen LogP contribution is 2.36. The molecule has 1 aromatic rings. The maximum Gasteiger partial charge on any atom is 0.446 e. The van der Waals surface area contributed by atoms with E-state index in [0.717, 1.165) is 6.54 Å². The number of alkyl halides is 3. The third kappa shape index (κ3) is 8.18.